The van der Waals surface area contributed by atoms with Crippen molar-refractivity contribution in [3.8, 4) is 11.5 Å². The first kappa shape index (κ1) is 14.6. The van der Waals surface area contributed by atoms with Crippen molar-refractivity contribution in [1.29, 1.82) is 0 Å². The summed E-state index contributed by atoms with van der Waals surface area (Å²) in [5.74, 6) is -1.49. The van der Waals surface area contributed by atoms with Gasteiger partial charge >= 0.3 is 5.97 Å². The van der Waals surface area contributed by atoms with Gasteiger partial charge in [0.15, 0.2) is 23.1 Å². The van der Waals surface area contributed by atoms with Crippen molar-refractivity contribution in [3.05, 3.63) is 41.8 Å². The van der Waals surface area contributed by atoms with Crippen LogP contribution in [-0.2, 0) is 0 Å². The lowest BCUT2D eigenvalue weighted by molar-refractivity contribution is 0.0692. The monoisotopic (exact) mass is 292 g/mol. The van der Waals surface area contributed by atoms with Gasteiger partial charge in [-0.15, -0.1) is 0 Å². The fourth-order valence-corrected chi connectivity index (χ4v) is 1.75. The van der Waals surface area contributed by atoms with Gasteiger partial charge in [0.25, 0.3) is 0 Å². The molecule has 1 aromatic carbocycles. The van der Waals surface area contributed by atoms with E-state index in [-0.39, 0.29) is 5.82 Å². The van der Waals surface area contributed by atoms with E-state index in [1.165, 1.54) is 20.4 Å². The Balaban J connectivity index is 2.34. The van der Waals surface area contributed by atoms with Crippen LogP contribution in [-0.4, -0.2) is 30.3 Å². The summed E-state index contributed by atoms with van der Waals surface area (Å²) in [5.41, 5.74) is 0.0366. The van der Waals surface area contributed by atoms with Crippen LogP contribution in [0, 0.1) is 5.82 Å². The van der Waals surface area contributed by atoms with E-state index in [4.69, 9.17) is 14.6 Å². The zero-order valence-electron chi connectivity index (χ0n) is 11.4. The maximum Gasteiger partial charge on any atom is 0.338 e. The number of pyridine rings is 1. The molecule has 0 radical (unpaired) electrons. The Morgan fingerprint density at radius 1 is 1.24 bits per heavy atom. The van der Waals surface area contributed by atoms with Crippen LogP contribution >= 0.6 is 0 Å². The highest BCUT2D eigenvalue weighted by Gasteiger charge is 2.15. The summed E-state index contributed by atoms with van der Waals surface area (Å²) in [5, 5.41) is 11.6. The van der Waals surface area contributed by atoms with Crippen molar-refractivity contribution in [3.63, 3.8) is 0 Å². The van der Waals surface area contributed by atoms with Crippen molar-refractivity contribution < 1.29 is 23.8 Å². The maximum absolute atomic E-state index is 14.0. The number of hydrogen-bond acceptors (Lipinski definition) is 5. The van der Waals surface area contributed by atoms with Crippen LogP contribution in [0.4, 0.5) is 15.9 Å². The zero-order valence-corrected chi connectivity index (χ0v) is 11.4. The Morgan fingerprint density at radius 3 is 2.57 bits per heavy atom. The Kier molecular flexibility index (Phi) is 4.22. The number of rotatable bonds is 5. The number of carboxylic acids is 1. The molecule has 0 aliphatic carbocycles. The molecular formula is C14H13FN2O4. The lowest BCUT2D eigenvalue weighted by atomic mass is 10.2. The first-order valence-corrected chi connectivity index (χ1v) is 5.93. The van der Waals surface area contributed by atoms with Gasteiger partial charge in [0, 0.05) is 18.0 Å². The van der Waals surface area contributed by atoms with Gasteiger partial charge in [-0.1, -0.05) is 0 Å². The minimum Gasteiger partial charge on any atom is -0.493 e. The fourth-order valence-electron chi connectivity index (χ4n) is 1.75. The Bertz CT molecular complexity index is 676. The Hall–Kier alpha value is -2.83. The lowest BCUT2D eigenvalue weighted by Gasteiger charge is -2.11. The highest BCUT2D eigenvalue weighted by atomic mass is 19.1. The number of methoxy groups -OCH3 is 2. The van der Waals surface area contributed by atoms with Crippen molar-refractivity contribution in [2.75, 3.05) is 19.5 Å². The van der Waals surface area contributed by atoms with Crippen molar-refractivity contribution >= 4 is 17.5 Å². The number of carbonyl (C=O) groups is 1. The second kappa shape index (κ2) is 6.08. The molecule has 2 rings (SSSR count). The molecule has 0 saturated heterocycles. The number of ether oxygens (including phenoxy) is 2. The molecule has 7 heteroatoms. The second-order valence-electron chi connectivity index (χ2n) is 4.02. The average Bonchev–Trinajstić information content (AvgIpc) is 2.48. The highest BCUT2D eigenvalue weighted by molar-refractivity contribution is 5.89. The number of benzene rings is 1. The van der Waals surface area contributed by atoms with Crippen LogP contribution in [0.5, 0.6) is 11.5 Å². The highest BCUT2D eigenvalue weighted by Crippen LogP contribution is 2.31. The Labute approximate surface area is 120 Å². The molecule has 0 amide bonds. The third-order valence-electron chi connectivity index (χ3n) is 2.77. The predicted octanol–water partition coefficient (Wildman–Crippen LogP) is 2.68. The minimum atomic E-state index is -1.36. The van der Waals surface area contributed by atoms with Gasteiger partial charge in [-0.25, -0.2) is 14.2 Å². The lowest BCUT2D eigenvalue weighted by Crippen LogP contribution is -2.05. The largest absolute Gasteiger partial charge is 0.493 e. The average molecular weight is 292 g/mol. The second-order valence-corrected chi connectivity index (χ2v) is 4.02. The van der Waals surface area contributed by atoms with Crippen molar-refractivity contribution in [2.45, 2.75) is 0 Å². The summed E-state index contributed by atoms with van der Waals surface area (Å²) in [4.78, 5) is 14.7. The van der Waals surface area contributed by atoms with E-state index in [2.05, 4.69) is 10.3 Å². The maximum atomic E-state index is 14.0. The van der Waals surface area contributed by atoms with E-state index in [1.54, 1.807) is 18.2 Å². The van der Waals surface area contributed by atoms with E-state index in [0.29, 0.717) is 17.2 Å². The molecule has 0 saturated carbocycles. The molecule has 0 bridgehead atoms. The van der Waals surface area contributed by atoms with E-state index < -0.39 is 17.3 Å². The quantitative estimate of drug-likeness (QED) is 0.882. The first-order valence-electron chi connectivity index (χ1n) is 5.93. The number of nitrogens with one attached hydrogen (secondary N) is 1. The van der Waals surface area contributed by atoms with Crippen LogP contribution in [0.15, 0.2) is 30.5 Å². The summed E-state index contributed by atoms with van der Waals surface area (Å²) in [6.07, 6.45) is 1.22. The molecule has 0 fully saturated rings. The van der Waals surface area contributed by atoms with Gasteiger partial charge < -0.3 is 19.9 Å². The molecule has 2 N–H and O–H groups in total. The minimum absolute atomic E-state index is 0.179. The van der Waals surface area contributed by atoms with E-state index in [1.807, 2.05) is 0 Å². The molecule has 2 aromatic rings. The normalized spacial score (nSPS) is 10.0. The molecule has 110 valence electrons. The summed E-state index contributed by atoms with van der Waals surface area (Å²) in [6, 6.07) is 5.96. The van der Waals surface area contributed by atoms with Gasteiger partial charge in [-0.3, -0.25) is 0 Å². The smallest absolute Gasteiger partial charge is 0.338 e. The fraction of sp³-hybridized carbons (Fsp3) is 0.143. The van der Waals surface area contributed by atoms with Crippen LogP contribution < -0.4 is 14.8 Å². The number of carboxylic acid groups (broad SMARTS) is 1. The van der Waals surface area contributed by atoms with Crippen LogP contribution in [0.1, 0.15) is 10.4 Å². The van der Waals surface area contributed by atoms with Crippen LogP contribution in [0.2, 0.25) is 0 Å². The molecule has 6 nitrogen and oxygen atoms in total. The number of halogens is 1. The molecule has 1 heterocycles. The number of anilines is 2. The van der Waals surface area contributed by atoms with Crippen LogP contribution in [0.25, 0.3) is 0 Å². The molecule has 0 unspecified atom stereocenters. The van der Waals surface area contributed by atoms with Gasteiger partial charge in [0.05, 0.1) is 14.2 Å². The van der Waals surface area contributed by atoms with Crippen LogP contribution in [0.3, 0.4) is 0 Å². The molecular weight excluding hydrogens is 279 g/mol. The third kappa shape index (κ3) is 3.02. The van der Waals surface area contributed by atoms with Crippen molar-refractivity contribution in [2.24, 2.45) is 0 Å². The Morgan fingerprint density at radius 2 is 1.95 bits per heavy atom. The van der Waals surface area contributed by atoms with E-state index >= 15 is 0 Å². The zero-order chi connectivity index (χ0) is 15.4. The van der Waals surface area contributed by atoms with Gasteiger partial charge in [-0.2, -0.15) is 0 Å². The summed E-state index contributed by atoms with van der Waals surface area (Å²) in [7, 11) is 2.98. The molecule has 0 atom stereocenters. The summed E-state index contributed by atoms with van der Waals surface area (Å²) >= 11 is 0. The van der Waals surface area contributed by atoms with Crippen molar-refractivity contribution in [1.82, 2.24) is 4.98 Å². The van der Waals surface area contributed by atoms with Gasteiger partial charge in [-0.05, 0) is 18.2 Å². The topological polar surface area (TPSA) is 80.7 Å². The summed E-state index contributed by atoms with van der Waals surface area (Å²) < 4.78 is 24.2. The van der Waals surface area contributed by atoms with Gasteiger partial charge in [0.2, 0.25) is 0 Å². The van der Waals surface area contributed by atoms with Gasteiger partial charge in [0.1, 0.15) is 5.56 Å². The third-order valence-corrected chi connectivity index (χ3v) is 2.77. The number of nitrogens with zero attached hydrogens (tertiary/aromatic N) is 1. The molecule has 0 aliphatic heterocycles. The number of aromatic nitrogens is 1. The SMILES string of the molecule is COc1ccc(Nc2nccc(C(=O)O)c2F)cc1OC. The molecule has 1 aromatic heterocycles. The first-order chi connectivity index (χ1) is 10.1. The molecule has 21 heavy (non-hydrogen) atoms. The molecule has 0 aliphatic rings. The predicted molar refractivity (Wildman–Crippen MR) is 74.0 cm³/mol. The molecule has 0 spiro atoms. The van der Waals surface area contributed by atoms with E-state index in [9.17, 15) is 9.18 Å². The standard InChI is InChI=1S/C14H13FN2O4/c1-20-10-4-3-8(7-11(10)21-2)17-13-12(15)9(14(18)19)5-6-16-13/h3-7H,1-2H3,(H,16,17)(H,18,19). The summed E-state index contributed by atoms with van der Waals surface area (Å²) in [6.45, 7) is 0. The van der Waals surface area contributed by atoms with E-state index in [0.717, 1.165) is 6.07 Å². The number of hydrogen-bond donors (Lipinski definition) is 2. The number of aromatic carboxylic acids is 1.